The van der Waals surface area contributed by atoms with Crippen LogP contribution in [0, 0.1) is 6.92 Å². The molecular formula is C20H25N3OS. The minimum absolute atomic E-state index is 0.00606. The van der Waals surface area contributed by atoms with Crippen LogP contribution >= 0.6 is 11.8 Å². The quantitative estimate of drug-likeness (QED) is 0.840. The number of piperazine rings is 1. The summed E-state index contributed by atoms with van der Waals surface area (Å²) in [6.45, 7) is 6.42. The van der Waals surface area contributed by atoms with E-state index in [2.05, 4.69) is 41.4 Å². The Bertz CT molecular complexity index is 726. The first-order valence-corrected chi connectivity index (χ1v) is 9.84. The number of nitrogens with zero attached hydrogens (tertiary/aromatic N) is 2. The summed E-state index contributed by atoms with van der Waals surface area (Å²) in [5, 5.41) is 3.01. The maximum atomic E-state index is 12.5. The zero-order valence-electron chi connectivity index (χ0n) is 14.9. The van der Waals surface area contributed by atoms with Gasteiger partial charge in [0.05, 0.1) is 0 Å². The summed E-state index contributed by atoms with van der Waals surface area (Å²) in [6, 6.07) is 16.6. The van der Waals surface area contributed by atoms with Crippen molar-refractivity contribution in [3.8, 4) is 0 Å². The molecule has 1 aliphatic rings. The molecule has 0 spiro atoms. The summed E-state index contributed by atoms with van der Waals surface area (Å²) in [4.78, 5) is 17.9. The maximum Gasteiger partial charge on any atom is 0.321 e. The topological polar surface area (TPSA) is 35.6 Å². The Morgan fingerprint density at radius 1 is 1.08 bits per heavy atom. The average molecular weight is 356 g/mol. The molecule has 2 amide bonds. The highest BCUT2D eigenvalue weighted by Gasteiger charge is 2.21. The molecule has 1 aliphatic heterocycles. The molecule has 0 aromatic heterocycles. The maximum absolute atomic E-state index is 12.5. The van der Waals surface area contributed by atoms with Gasteiger partial charge in [-0.1, -0.05) is 35.9 Å². The lowest BCUT2D eigenvalue weighted by atomic mass is 10.1. The van der Waals surface area contributed by atoms with E-state index in [0.717, 1.165) is 43.3 Å². The molecule has 0 radical (unpaired) electrons. The molecule has 0 unspecified atom stereocenters. The Kier molecular flexibility index (Phi) is 6.00. The van der Waals surface area contributed by atoms with Gasteiger partial charge in [-0.05, 0) is 36.9 Å². The number of urea groups is 1. The van der Waals surface area contributed by atoms with Crippen molar-refractivity contribution >= 4 is 23.5 Å². The van der Waals surface area contributed by atoms with Gasteiger partial charge in [0, 0.05) is 43.3 Å². The van der Waals surface area contributed by atoms with Crippen LogP contribution in [0.2, 0.25) is 0 Å². The lowest BCUT2D eigenvalue weighted by Gasteiger charge is -2.34. The second kappa shape index (κ2) is 8.41. The predicted octanol–water partition coefficient (Wildman–Crippen LogP) is 4.07. The molecule has 1 N–H and O–H groups in total. The molecule has 0 aliphatic carbocycles. The zero-order valence-corrected chi connectivity index (χ0v) is 15.7. The van der Waals surface area contributed by atoms with Gasteiger partial charge in [-0.15, -0.1) is 11.8 Å². The van der Waals surface area contributed by atoms with Crippen LogP contribution < -0.4 is 5.32 Å². The first-order chi connectivity index (χ1) is 12.1. The van der Waals surface area contributed by atoms with Crippen molar-refractivity contribution in [2.45, 2.75) is 18.4 Å². The Balaban J connectivity index is 1.50. The van der Waals surface area contributed by atoms with Crippen LogP contribution in [-0.4, -0.2) is 48.3 Å². The van der Waals surface area contributed by atoms with Gasteiger partial charge in [-0.2, -0.15) is 0 Å². The van der Waals surface area contributed by atoms with Gasteiger partial charge in [0.15, 0.2) is 0 Å². The largest absolute Gasteiger partial charge is 0.322 e. The number of benzene rings is 2. The highest BCUT2D eigenvalue weighted by atomic mass is 32.2. The highest BCUT2D eigenvalue weighted by molar-refractivity contribution is 7.98. The minimum Gasteiger partial charge on any atom is -0.322 e. The average Bonchev–Trinajstić information content (AvgIpc) is 2.62. The zero-order chi connectivity index (χ0) is 17.6. The fraction of sp³-hybridized carbons (Fsp3) is 0.350. The van der Waals surface area contributed by atoms with Gasteiger partial charge in [0.1, 0.15) is 0 Å². The van der Waals surface area contributed by atoms with Crippen LogP contribution in [0.3, 0.4) is 0 Å². The molecule has 25 heavy (non-hydrogen) atoms. The molecule has 0 atom stereocenters. The van der Waals surface area contributed by atoms with Gasteiger partial charge in [0.2, 0.25) is 0 Å². The van der Waals surface area contributed by atoms with E-state index in [-0.39, 0.29) is 6.03 Å². The number of anilines is 1. The first kappa shape index (κ1) is 17.8. The Morgan fingerprint density at radius 3 is 2.56 bits per heavy atom. The molecule has 5 heteroatoms. The summed E-state index contributed by atoms with van der Waals surface area (Å²) >= 11 is 1.68. The van der Waals surface area contributed by atoms with Crippen LogP contribution in [-0.2, 0) is 6.54 Å². The molecule has 0 bridgehead atoms. The van der Waals surface area contributed by atoms with E-state index < -0.39 is 0 Å². The van der Waals surface area contributed by atoms with Crippen molar-refractivity contribution in [2.24, 2.45) is 0 Å². The fourth-order valence-electron chi connectivity index (χ4n) is 3.08. The highest BCUT2D eigenvalue weighted by Crippen LogP contribution is 2.19. The molecular weight excluding hydrogens is 330 g/mol. The Morgan fingerprint density at radius 2 is 1.84 bits per heavy atom. The summed E-state index contributed by atoms with van der Waals surface area (Å²) in [5.41, 5.74) is 3.49. The summed E-state index contributed by atoms with van der Waals surface area (Å²) in [6.07, 6.45) is 2.04. The van der Waals surface area contributed by atoms with Crippen molar-refractivity contribution in [1.29, 1.82) is 0 Å². The van der Waals surface area contributed by atoms with E-state index in [0.29, 0.717) is 0 Å². The molecule has 2 aromatic rings. The van der Waals surface area contributed by atoms with E-state index >= 15 is 0 Å². The lowest BCUT2D eigenvalue weighted by Crippen LogP contribution is -2.49. The van der Waals surface area contributed by atoms with Crippen molar-refractivity contribution in [1.82, 2.24) is 9.80 Å². The molecule has 4 nitrogen and oxygen atoms in total. The molecule has 1 saturated heterocycles. The van der Waals surface area contributed by atoms with Crippen molar-refractivity contribution < 1.29 is 4.79 Å². The number of hydrogen-bond donors (Lipinski definition) is 1. The monoisotopic (exact) mass is 355 g/mol. The number of rotatable bonds is 4. The lowest BCUT2D eigenvalue weighted by molar-refractivity contribution is 0.143. The molecule has 0 saturated carbocycles. The number of carbonyl (C=O) groups is 1. The molecule has 1 fully saturated rings. The second-order valence-corrected chi connectivity index (χ2v) is 7.29. The third-order valence-electron chi connectivity index (χ3n) is 4.47. The number of aryl methyl sites for hydroxylation is 1. The van der Waals surface area contributed by atoms with E-state index in [1.54, 1.807) is 11.8 Å². The van der Waals surface area contributed by atoms with Crippen molar-refractivity contribution in [3.05, 3.63) is 59.7 Å². The van der Waals surface area contributed by atoms with Gasteiger partial charge < -0.3 is 10.2 Å². The van der Waals surface area contributed by atoms with E-state index in [1.165, 1.54) is 11.1 Å². The number of amides is 2. The Labute approximate surface area is 154 Å². The molecule has 3 rings (SSSR count). The van der Waals surface area contributed by atoms with Crippen LogP contribution in [0.4, 0.5) is 10.5 Å². The summed E-state index contributed by atoms with van der Waals surface area (Å²) in [5.74, 6) is 0. The van der Waals surface area contributed by atoms with Gasteiger partial charge in [-0.25, -0.2) is 4.79 Å². The third-order valence-corrected chi connectivity index (χ3v) is 5.19. The standard InChI is InChI=1S/C20H25N3OS/c1-16-5-3-6-17(13-16)15-22-9-11-23(12-10-22)20(24)21-18-7-4-8-19(14-18)25-2/h3-8,13-14H,9-12,15H2,1-2H3,(H,21,24). The SMILES string of the molecule is CSc1cccc(NC(=O)N2CCN(Cc3cccc(C)c3)CC2)c1. The number of nitrogens with one attached hydrogen (secondary N) is 1. The van der Waals surface area contributed by atoms with E-state index in [9.17, 15) is 4.79 Å². The molecule has 1 heterocycles. The van der Waals surface area contributed by atoms with Crippen molar-refractivity contribution in [2.75, 3.05) is 37.8 Å². The van der Waals surface area contributed by atoms with Gasteiger partial charge in [-0.3, -0.25) is 4.90 Å². The van der Waals surface area contributed by atoms with Gasteiger partial charge in [0.25, 0.3) is 0 Å². The smallest absolute Gasteiger partial charge is 0.321 e. The first-order valence-electron chi connectivity index (χ1n) is 8.62. The molecule has 2 aromatic carbocycles. The number of thioether (sulfide) groups is 1. The van der Waals surface area contributed by atoms with Crippen LogP contribution in [0.15, 0.2) is 53.4 Å². The van der Waals surface area contributed by atoms with Crippen LogP contribution in [0.5, 0.6) is 0 Å². The second-order valence-electron chi connectivity index (χ2n) is 6.41. The van der Waals surface area contributed by atoms with Crippen LogP contribution in [0.25, 0.3) is 0 Å². The third kappa shape index (κ3) is 5.00. The Hall–Kier alpha value is -1.98. The predicted molar refractivity (Wildman–Crippen MR) is 105 cm³/mol. The number of carbonyl (C=O) groups excluding carboxylic acids is 1. The summed E-state index contributed by atoms with van der Waals surface area (Å²) in [7, 11) is 0. The summed E-state index contributed by atoms with van der Waals surface area (Å²) < 4.78 is 0. The van der Waals surface area contributed by atoms with Gasteiger partial charge >= 0.3 is 6.03 Å². The molecule has 132 valence electrons. The number of hydrogen-bond acceptors (Lipinski definition) is 3. The fourth-order valence-corrected chi connectivity index (χ4v) is 3.54. The normalized spacial score (nSPS) is 15.2. The van der Waals surface area contributed by atoms with Crippen molar-refractivity contribution in [3.63, 3.8) is 0 Å². The van der Waals surface area contributed by atoms with E-state index in [4.69, 9.17) is 0 Å². The van der Waals surface area contributed by atoms with Crippen LogP contribution in [0.1, 0.15) is 11.1 Å². The minimum atomic E-state index is -0.00606. The van der Waals surface area contributed by atoms with E-state index in [1.807, 2.05) is 35.4 Å².